The first-order valence-electron chi connectivity index (χ1n) is 1.36. The Balaban J connectivity index is 2.32. The molecule has 1 N–H and O–H groups in total. The van der Waals surface area contributed by atoms with E-state index >= 15 is 0 Å². The molecule has 0 spiro atoms. The van der Waals surface area contributed by atoms with Crippen molar-refractivity contribution in [2.75, 3.05) is 5.75 Å². The van der Waals surface area contributed by atoms with Crippen LogP contribution >= 0.6 is 12.0 Å². The monoisotopic (exact) mass is 90.0 g/mol. The highest BCUT2D eigenvalue weighted by Gasteiger charge is 1.96. The molecule has 5 heavy (non-hydrogen) atoms. The van der Waals surface area contributed by atoms with E-state index in [-0.39, 0.29) is 0 Å². The van der Waals surface area contributed by atoms with Gasteiger partial charge in [0.15, 0.2) is 0 Å². The summed E-state index contributed by atoms with van der Waals surface area (Å²) in [7, 11) is 0. The van der Waals surface area contributed by atoms with Crippen LogP contribution in [0.15, 0.2) is 0 Å². The molecule has 1 heterocycles. The maximum Gasteiger partial charge on any atom is 0.205 e. The van der Waals surface area contributed by atoms with Gasteiger partial charge in [-0.05, 0) is 5.16 Å². The first kappa shape index (κ1) is 3.03. The van der Waals surface area contributed by atoms with E-state index in [0.29, 0.717) is 0 Å². The lowest BCUT2D eigenvalue weighted by Gasteiger charge is -1.64. The van der Waals surface area contributed by atoms with Crippen LogP contribution in [0.5, 0.6) is 0 Å². The van der Waals surface area contributed by atoms with Crippen LogP contribution in [0, 0.1) is 0 Å². The zero-order valence-electron chi connectivity index (χ0n) is 2.60. The highest BCUT2D eigenvalue weighted by Crippen LogP contribution is 1.92. The SMILES string of the molecule is C1=[NH+]OSC1. The summed E-state index contributed by atoms with van der Waals surface area (Å²) in [6, 6.07) is 0. The van der Waals surface area contributed by atoms with E-state index in [1.807, 2.05) is 6.21 Å². The van der Waals surface area contributed by atoms with Crippen LogP contribution in [-0.4, -0.2) is 12.0 Å². The Kier molecular flexibility index (Phi) is 0.792. The van der Waals surface area contributed by atoms with Gasteiger partial charge in [-0.15, -0.1) is 0 Å². The van der Waals surface area contributed by atoms with E-state index in [9.17, 15) is 0 Å². The Morgan fingerprint density at radius 1 is 2.00 bits per heavy atom. The molecule has 0 saturated heterocycles. The van der Waals surface area contributed by atoms with Crippen molar-refractivity contribution >= 4 is 18.3 Å². The molecule has 1 rings (SSSR count). The minimum atomic E-state index is 0.958. The Bertz CT molecular complexity index is 47.6. The second-order valence-electron chi connectivity index (χ2n) is 0.690. The van der Waals surface area contributed by atoms with E-state index in [1.54, 1.807) is 0 Å². The summed E-state index contributed by atoms with van der Waals surface area (Å²) < 4.78 is 4.56. The van der Waals surface area contributed by atoms with Gasteiger partial charge in [0.1, 0.15) is 17.8 Å². The summed E-state index contributed by atoms with van der Waals surface area (Å²) in [6.45, 7) is 0. The van der Waals surface area contributed by atoms with Gasteiger partial charge in [-0.1, -0.05) is 0 Å². The predicted molar refractivity (Wildman–Crippen MR) is 20.6 cm³/mol. The third-order valence-corrected chi connectivity index (χ3v) is 0.859. The van der Waals surface area contributed by atoms with E-state index in [0.717, 1.165) is 5.75 Å². The van der Waals surface area contributed by atoms with Gasteiger partial charge < -0.3 is 0 Å². The van der Waals surface area contributed by atoms with Crippen molar-refractivity contribution in [2.45, 2.75) is 0 Å². The maximum atomic E-state index is 4.56. The molecular weight excluding hydrogens is 86.1 g/mol. The van der Waals surface area contributed by atoms with E-state index < -0.39 is 0 Å². The molecule has 0 aromatic carbocycles. The fourth-order valence-electron chi connectivity index (χ4n) is 0.170. The zero-order valence-corrected chi connectivity index (χ0v) is 3.42. The first-order valence-corrected chi connectivity index (χ1v) is 2.27. The van der Waals surface area contributed by atoms with Crippen molar-refractivity contribution in [1.82, 2.24) is 0 Å². The number of hydrogen-bond acceptors (Lipinski definition) is 2. The lowest BCUT2D eigenvalue weighted by molar-refractivity contribution is -0.692. The maximum absolute atomic E-state index is 4.56. The fraction of sp³-hybridized carbons (Fsp3) is 0.500. The van der Waals surface area contributed by atoms with Crippen LogP contribution in [0.25, 0.3) is 0 Å². The average molecular weight is 90.1 g/mol. The van der Waals surface area contributed by atoms with Crippen molar-refractivity contribution in [2.24, 2.45) is 0 Å². The van der Waals surface area contributed by atoms with Gasteiger partial charge >= 0.3 is 0 Å². The second kappa shape index (κ2) is 1.31. The minimum absolute atomic E-state index is 0.958. The van der Waals surface area contributed by atoms with Gasteiger partial charge in [-0.3, -0.25) is 0 Å². The smallest absolute Gasteiger partial charge is 0.203 e. The van der Waals surface area contributed by atoms with Gasteiger partial charge in [-0.2, -0.15) is 0 Å². The Morgan fingerprint density at radius 2 is 3.00 bits per heavy atom. The highest BCUT2D eigenvalue weighted by atomic mass is 32.2. The molecule has 3 heteroatoms. The van der Waals surface area contributed by atoms with Gasteiger partial charge in [0.25, 0.3) is 0 Å². The van der Waals surface area contributed by atoms with Crippen molar-refractivity contribution < 1.29 is 9.44 Å². The average Bonchev–Trinajstić information content (AvgIpc) is 1.76. The van der Waals surface area contributed by atoms with E-state index in [1.165, 1.54) is 12.0 Å². The van der Waals surface area contributed by atoms with Crippen molar-refractivity contribution in [1.29, 1.82) is 0 Å². The summed E-state index contributed by atoms with van der Waals surface area (Å²) in [6.07, 6.45) is 1.85. The van der Waals surface area contributed by atoms with Crippen molar-refractivity contribution in [3.05, 3.63) is 0 Å². The Morgan fingerprint density at radius 3 is 3.20 bits per heavy atom. The van der Waals surface area contributed by atoms with Crippen LogP contribution in [0.1, 0.15) is 0 Å². The summed E-state index contributed by atoms with van der Waals surface area (Å²) in [5.41, 5.74) is 0. The third-order valence-electron chi connectivity index (χ3n) is 0.342. The van der Waals surface area contributed by atoms with E-state index in [4.69, 9.17) is 0 Å². The molecule has 1 aliphatic heterocycles. The van der Waals surface area contributed by atoms with Crippen molar-refractivity contribution in [3.8, 4) is 0 Å². The normalized spacial score (nSPS) is 19.2. The quantitative estimate of drug-likeness (QED) is 0.375. The van der Waals surface area contributed by atoms with E-state index in [2.05, 4.69) is 9.44 Å². The molecule has 0 atom stereocenters. The highest BCUT2D eigenvalue weighted by molar-refractivity contribution is 7.95. The van der Waals surface area contributed by atoms with Crippen LogP contribution in [-0.2, 0) is 4.28 Å². The molecule has 0 radical (unpaired) electrons. The van der Waals surface area contributed by atoms with Crippen LogP contribution in [0.4, 0.5) is 0 Å². The predicted octanol–water partition coefficient (Wildman–Crippen LogP) is -1.27. The van der Waals surface area contributed by atoms with Gasteiger partial charge in [0.05, 0.1) is 0 Å². The molecule has 0 aromatic heterocycles. The molecule has 1 aliphatic rings. The molecule has 0 unspecified atom stereocenters. The molecule has 0 bridgehead atoms. The van der Waals surface area contributed by atoms with Crippen LogP contribution < -0.4 is 5.16 Å². The molecular formula is C2H4NOS+. The largest absolute Gasteiger partial charge is 0.205 e. The van der Waals surface area contributed by atoms with Crippen LogP contribution in [0.2, 0.25) is 0 Å². The molecule has 28 valence electrons. The molecule has 0 saturated carbocycles. The summed E-state index contributed by atoms with van der Waals surface area (Å²) in [5.74, 6) is 0.958. The number of hydrogen-bond donors (Lipinski definition) is 1. The Hall–Kier alpha value is -0.180. The lowest BCUT2D eigenvalue weighted by Crippen LogP contribution is -2.62. The number of rotatable bonds is 0. The third kappa shape index (κ3) is 0.545. The molecule has 0 amide bonds. The fourth-order valence-corrected chi connectivity index (χ4v) is 0.510. The topological polar surface area (TPSA) is 23.2 Å². The van der Waals surface area contributed by atoms with Gasteiger partial charge in [-0.25, -0.2) is 4.28 Å². The molecule has 2 nitrogen and oxygen atoms in total. The van der Waals surface area contributed by atoms with Gasteiger partial charge in [0, 0.05) is 0 Å². The molecule has 0 fully saturated rings. The van der Waals surface area contributed by atoms with Crippen LogP contribution in [0.3, 0.4) is 0 Å². The molecule has 0 aliphatic carbocycles. The minimum Gasteiger partial charge on any atom is -0.203 e. The molecule has 0 aromatic rings. The summed E-state index contributed by atoms with van der Waals surface area (Å²) >= 11 is 1.41. The second-order valence-corrected chi connectivity index (χ2v) is 1.43. The lowest BCUT2D eigenvalue weighted by atomic mass is 10.9. The first-order chi connectivity index (χ1) is 2.50. The van der Waals surface area contributed by atoms with Crippen molar-refractivity contribution in [3.63, 3.8) is 0 Å². The Labute approximate surface area is 34.4 Å². The standard InChI is InChI=1S/C2H3NOS/c1-2-5-4-3-1/h1H,2H2/p+1. The summed E-state index contributed by atoms with van der Waals surface area (Å²) in [4.78, 5) is 0. The number of nitrogens with one attached hydrogen (secondary N) is 1. The van der Waals surface area contributed by atoms with Gasteiger partial charge in [0.2, 0.25) is 6.21 Å². The summed E-state index contributed by atoms with van der Waals surface area (Å²) in [5, 5.41) is 2.56. The zero-order chi connectivity index (χ0) is 3.54.